The molecule has 0 heterocycles. The van der Waals surface area contributed by atoms with E-state index >= 15 is 0 Å². The van der Waals surface area contributed by atoms with Crippen molar-refractivity contribution in [3.63, 3.8) is 0 Å². The second-order valence-corrected chi connectivity index (χ2v) is 5.63. The minimum absolute atomic E-state index is 0.0869. The Morgan fingerprint density at radius 1 is 1.21 bits per heavy atom. The van der Waals surface area contributed by atoms with Gasteiger partial charge in [0, 0.05) is 25.2 Å². The Balaban J connectivity index is 3.15. The van der Waals surface area contributed by atoms with Gasteiger partial charge in [-0.2, -0.15) is 0 Å². The first-order valence-electron chi connectivity index (χ1n) is 5.99. The summed E-state index contributed by atoms with van der Waals surface area (Å²) in [6.07, 6.45) is 0. The number of nitrogens with one attached hydrogen (secondary N) is 1. The molecule has 0 aliphatic carbocycles. The topological polar surface area (TPSA) is 69.6 Å². The lowest BCUT2D eigenvalue weighted by Crippen LogP contribution is -2.28. The molecule has 1 aromatic rings. The number of carboxylic acid groups (broad SMARTS) is 1. The van der Waals surface area contributed by atoms with Crippen LogP contribution >= 0.6 is 0 Å². The minimum Gasteiger partial charge on any atom is -0.478 e. The quantitative estimate of drug-likeness (QED) is 0.879. The molecule has 0 aliphatic heterocycles. The highest BCUT2D eigenvalue weighted by molar-refractivity contribution is 6.02. The van der Waals surface area contributed by atoms with E-state index in [0.717, 1.165) is 5.69 Å². The molecule has 0 aliphatic rings. The normalized spacial score (nSPS) is 11.0. The average Bonchev–Trinajstić information content (AvgIpc) is 2.27. The van der Waals surface area contributed by atoms with Crippen LogP contribution in [0.25, 0.3) is 0 Å². The van der Waals surface area contributed by atoms with E-state index in [9.17, 15) is 14.7 Å². The van der Waals surface area contributed by atoms with Crippen molar-refractivity contribution in [3.05, 3.63) is 23.8 Å². The molecule has 5 nitrogen and oxygen atoms in total. The average molecular weight is 264 g/mol. The van der Waals surface area contributed by atoms with Gasteiger partial charge in [0.1, 0.15) is 0 Å². The molecular weight excluding hydrogens is 244 g/mol. The number of benzene rings is 1. The first-order valence-corrected chi connectivity index (χ1v) is 5.99. The van der Waals surface area contributed by atoms with Gasteiger partial charge in [-0.05, 0) is 18.2 Å². The number of hydrogen-bond acceptors (Lipinski definition) is 3. The second kappa shape index (κ2) is 5.30. The molecule has 0 unspecified atom stereocenters. The Labute approximate surface area is 113 Å². The molecule has 0 saturated heterocycles. The highest BCUT2D eigenvalue weighted by Crippen LogP contribution is 2.24. The number of nitrogens with zero attached hydrogens (tertiary/aromatic N) is 1. The molecule has 0 aromatic heterocycles. The van der Waals surface area contributed by atoms with Crippen molar-refractivity contribution >= 4 is 23.3 Å². The summed E-state index contributed by atoms with van der Waals surface area (Å²) in [6, 6.07) is 4.92. The standard InChI is InChI=1S/C14H20N2O3/c1-14(2,3)13(19)15-11-7-6-9(16(4)5)8-10(11)12(17)18/h6-8H,1-5H3,(H,15,19)(H,17,18). The van der Waals surface area contributed by atoms with Gasteiger partial charge in [0.15, 0.2) is 0 Å². The summed E-state index contributed by atoms with van der Waals surface area (Å²) in [7, 11) is 3.66. The van der Waals surface area contributed by atoms with Gasteiger partial charge in [0.05, 0.1) is 11.3 Å². The van der Waals surface area contributed by atoms with Crippen LogP contribution in [0.4, 0.5) is 11.4 Å². The van der Waals surface area contributed by atoms with Crippen LogP contribution < -0.4 is 10.2 Å². The number of hydrogen-bond donors (Lipinski definition) is 2. The lowest BCUT2D eigenvalue weighted by molar-refractivity contribution is -0.123. The molecule has 0 fully saturated rings. The summed E-state index contributed by atoms with van der Waals surface area (Å²) in [4.78, 5) is 25.0. The van der Waals surface area contributed by atoms with Crippen molar-refractivity contribution in [1.29, 1.82) is 0 Å². The van der Waals surface area contributed by atoms with E-state index in [1.165, 1.54) is 0 Å². The first kappa shape index (κ1) is 15.0. The number of carbonyl (C=O) groups excluding carboxylic acids is 1. The van der Waals surface area contributed by atoms with Gasteiger partial charge >= 0.3 is 5.97 Å². The number of anilines is 2. The number of aromatic carboxylic acids is 1. The van der Waals surface area contributed by atoms with Gasteiger partial charge < -0.3 is 15.3 Å². The van der Waals surface area contributed by atoms with E-state index in [2.05, 4.69) is 5.32 Å². The van der Waals surface area contributed by atoms with Gasteiger partial charge in [0.25, 0.3) is 0 Å². The fourth-order valence-electron chi connectivity index (χ4n) is 1.41. The van der Waals surface area contributed by atoms with Crippen molar-refractivity contribution in [2.45, 2.75) is 20.8 Å². The number of carboxylic acids is 1. The van der Waals surface area contributed by atoms with Crippen LogP contribution in [0.1, 0.15) is 31.1 Å². The molecule has 0 bridgehead atoms. The third-order valence-corrected chi connectivity index (χ3v) is 2.68. The van der Waals surface area contributed by atoms with E-state index in [0.29, 0.717) is 5.69 Å². The van der Waals surface area contributed by atoms with Crippen LogP contribution in [0, 0.1) is 5.41 Å². The Morgan fingerprint density at radius 3 is 2.21 bits per heavy atom. The van der Waals surface area contributed by atoms with Crippen molar-refractivity contribution < 1.29 is 14.7 Å². The zero-order valence-electron chi connectivity index (χ0n) is 11.9. The molecule has 0 saturated carbocycles. The molecule has 2 N–H and O–H groups in total. The lowest BCUT2D eigenvalue weighted by Gasteiger charge is -2.20. The maximum atomic E-state index is 11.9. The zero-order valence-corrected chi connectivity index (χ0v) is 11.9. The molecule has 0 atom stereocenters. The van der Waals surface area contributed by atoms with Crippen LogP contribution in [0.2, 0.25) is 0 Å². The number of carbonyl (C=O) groups is 2. The van der Waals surface area contributed by atoms with Crippen molar-refractivity contribution in [1.82, 2.24) is 0 Å². The van der Waals surface area contributed by atoms with Gasteiger partial charge in [-0.3, -0.25) is 4.79 Å². The second-order valence-electron chi connectivity index (χ2n) is 5.63. The molecule has 1 aromatic carbocycles. The smallest absolute Gasteiger partial charge is 0.337 e. The van der Waals surface area contributed by atoms with Gasteiger partial charge in [-0.25, -0.2) is 4.79 Å². The summed E-state index contributed by atoms with van der Waals surface area (Å²) >= 11 is 0. The molecule has 0 radical (unpaired) electrons. The molecular formula is C14H20N2O3. The van der Waals surface area contributed by atoms with Crippen molar-refractivity contribution in [2.24, 2.45) is 5.41 Å². The maximum absolute atomic E-state index is 11.9. The molecule has 0 spiro atoms. The lowest BCUT2D eigenvalue weighted by atomic mass is 9.95. The van der Waals surface area contributed by atoms with Gasteiger partial charge in [0.2, 0.25) is 5.91 Å². The van der Waals surface area contributed by atoms with Crippen LogP contribution in [0.5, 0.6) is 0 Å². The van der Waals surface area contributed by atoms with E-state index in [-0.39, 0.29) is 11.5 Å². The highest BCUT2D eigenvalue weighted by Gasteiger charge is 2.23. The van der Waals surface area contributed by atoms with E-state index in [1.807, 2.05) is 19.0 Å². The number of rotatable bonds is 3. The van der Waals surface area contributed by atoms with Crippen molar-refractivity contribution in [2.75, 3.05) is 24.3 Å². The largest absolute Gasteiger partial charge is 0.478 e. The van der Waals surface area contributed by atoms with Crippen LogP contribution in [0.3, 0.4) is 0 Å². The predicted octanol–water partition coefficient (Wildman–Crippen LogP) is 2.44. The molecule has 19 heavy (non-hydrogen) atoms. The summed E-state index contributed by atoms with van der Waals surface area (Å²) in [5.41, 5.74) is 0.601. The van der Waals surface area contributed by atoms with Crippen LogP contribution in [-0.2, 0) is 4.79 Å². The number of amides is 1. The Hall–Kier alpha value is -2.04. The van der Waals surface area contributed by atoms with Gasteiger partial charge in [-0.1, -0.05) is 20.8 Å². The monoisotopic (exact) mass is 264 g/mol. The third kappa shape index (κ3) is 3.71. The van der Waals surface area contributed by atoms with E-state index < -0.39 is 11.4 Å². The minimum atomic E-state index is -1.06. The summed E-state index contributed by atoms with van der Waals surface area (Å²) in [6.45, 7) is 5.32. The third-order valence-electron chi connectivity index (χ3n) is 2.68. The van der Waals surface area contributed by atoms with E-state index in [4.69, 9.17) is 0 Å². The Morgan fingerprint density at radius 2 is 1.79 bits per heavy atom. The summed E-state index contributed by atoms with van der Waals surface area (Å²) in [5, 5.41) is 11.9. The summed E-state index contributed by atoms with van der Waals surface area (Å²) in [5.74, 6) is -1.28. The SMILES string of the molecule is CN(C)c1ccc(NC(=O)C(C)(C)C)c(C(=O)O)c1. The molecule has 1 amide bonds. The van der Waals surface area contributed by atoms with E-state index in [1.54, 1.807) is 39.0 Å². The van der Waals surface area contributed by atoms with Crippen LogP contribution in [0.15, 0.2) is 18.2 Å². The fraction of sp³-hybridized carbons (Fsp3) is 0.429. The zero-order chi connectivity index (χ0) is 14.8. The van der Waals surface area contributed by atoms with Crippen molar-refractivity contribution in [3.8, 4) is 0 Å². The fourth-order valence-corrected chi connectivity index (χ4v) is 1.41. The first-order chi connectivity index (χ1) is 8.62. The molecule has 1 rings (SSSR count). The Kier molecular flexibility index (Phi) is 4.19. The van der Waals surface area contributed by atoms with Crippen LogP contribution in [-0.4, -0.2) is 31.1 Å². The summed E-state index contributed by atoms with van der Waals surface area (Å²) < 4.78 is 0. The Bertz CT molecular complexity index is 502. The predicted molar refractivity (Wildman–Crippen MR) is 75.8 cm³/mol. The highest BCUT2D eigenvalue weighted by atomic mass is 16.4. The molecule has 5 heteroatoms. The van der Waals surface area contributed by atoms with Gasteiger partial charge in [-0.15, -0.1) is 0 Å². The maximum Gasteiger partial charge on any atom is 0.337 e. The molecule has 104 valence electrons.